The van der Waals surface area contributed by atoms with Crippen LogP contribution in [0.1, 0.15) is 128 Å². The number of amides is 2. The fourth-order valence-electron chi connectivity index (χ4n) is 9.57. The van der Waals surface area contributed by atoms with Gasteiger partial charge in [-0.05, 0) is 89.9 Å². The number of carboxylic acids is 2. The van der Waals surface area contributed by atoms with E-state index in [1.807, 2.05) is 0 Å². The van der Waals surface area contributed by atoms with Gasteiger partial charge in [-0.3, -0.25) is 67.5 Å². The Bertz CT molecular complexity index is 1870. The second kappa shape index (κ2) is 36.1. The molecule has 0 aromatic rings. The molecule has 0 aromatic carbocycles. The molecule has 0 aromatic heterocycles. The van der Waals surface area contributed by atoms with Crippen molar-refractivity contribution in [3.8, 4) is 0 Å². The maximum Gasteiger partial charge on any atom is 0.328 e. The van der Waals surface area contributed by atoms with Gasteiger partial charge in [-0.15, -0.1) is 0 Å². The summed E-state index contributed by atoms with van der Waals surface area (Å²) in [4.78, 5) is 154. The molecule has 438 valence electrons. The van der Waals surface area contributed by atoms with Crippen molar-refractivity contribution in [1.29, 1.82) is 0 Å². The van der Waals surface area contributed by atoms with Crippen LogP contribution in [0.25, 0.3) is 0 Å². The van der Waals surface area contributed by atoms with E-state index in [0.29, 0.717) is 103 Å². The molecule has 0 saturated carbocycles. The van der Waals surface area contributed by atoms with Crippen LogP contribution in [0.15, 0.2) is 0 Å². The van der Waals surface area contributed by atoms with Crippen molar-refractivity contribution < 1.29 is 96.2 Å². The van der Waals surface area contributed by atoms with Crippen molar-refractivity contribution in [1.82, 2.24) is 29.4 Å². The number of esters is 8. The van der Waals surface area contributed by atoms with Crippen molar-refractivity contribution in [2.24, 2.45) is 0 Å². The Morgan fingerprint density at radius 1 is 0.449 bits per heavy atom. The maximum absolute atomic E-state index is 13.1. The summed E-state index contributed by atoms with van der Waals surface area (Å²) in [7, 11) is 0. The predicted octanol–water partition coefficient (Wildman–Crippen LogP) is 0.927. The monoisotopic (exact) mass is 1110 g/mol. The zero-order valence-corrected chi connectivity index (χ0v) is 45.0. The van der Waals surface area contributed by atoms with Crippen molar-refractivity contribution in [2.75, 3.05) is 118 Å². The number of cyclic esters (lactones) is 4. The van der Waals surface area contributed by atoms with Gasteiger partial charge in [0.2, 0.25) is 11.8 Å². The number of morpholine rings is 2. The van der Waals surface area contributed by atoms with E-state index < -0.39 is 84.9 Å². The zero-order chi connectivity index (χ0) is 56.7. The van der Waals surface area contributed by atoms with Gasteiger partial charge in [-0.2, -0.15) is 0 Å². The number of hydrogen-bond donors (Lipinski definition) is 2. The van der Waals surface area contributed by atoms with Crippen LogP contribution in [-0.4, -0.2) is 241 Å². The van der Waals surface area contributed by atoms with E-state index in [9.17, 15) is 67.7 Å². The van der Waals surface area contributed by atoms with Crippen LogP contribution >= 0.6 is 0 Å². The van der Waals surface area contributed by atoms with E-state index in [2.05, 4.69) is 9.47 Å². The number of nitrogens with zero attached hydrogens (tertiary/aromatic N) is 6. The quantitative estimate of drug-likeness (QED) is 0.0374. The SMILES string of the molecule is O=C(O)CN(CCN1CC(=O)OC(=O)C1)CC(=O)OCCCCCCOC(=O)C1CCCN1C(=O)CCCCCCCCC(=O)N1CCCC1C(=O)OCCCCCCOC(=O)CN(CCN1CC(=O)OC(=O)C1)CC(=O)O. The Labute approximate surface area is 454 Å². The summed E-state index contributed by atoms with van der Waals surface area (Å²) in [5.41, 5.74) is 0. The van der Waals surface area contributed by atoms with E-state index in [1.165, 1.54) is 19.6 Å². The van der Waals surface area contributed by atoms with Gasteiger partial charge in [0.05, 0.1) is 78.8 Å². The highest BCUT2D eigenvalue weighted by molar-refractivity contribution is 5.91. The minimum absolute atomic E-state index is 0.0671. The highest BCUT2D eigenvalue weighted by Gasteiger charge is 2.36. The molecule has 4 heterocycles. The zero-order valence-electron chi connectivity index (χ0n) is 45.0. The van der Waals surface area contributed by atoms with Gasteiger partial charge >= 0.3 is 59.7 Å². The van der Waals surface area contributed by atoms with Crippen molar-refractivity contribution in [2.45, 2.75) is 141 Å². The number of likely N-dealkylation sites (tertiary alicyclic amines) is 2. The molecule has 26 nitrogen and oxygen atoms in total. The highest BCUT2D eigenvalue weighted by Crippen LogP contribution is 2.23. The van der Waals surface area contributed by atoms with Crippen LogP contribution in [0.4, 0.5) is 0 Å². The Hall–Kier alpha value is -6.12. The Morgan fingerprint density at radius 3 is 1.12 bits per heavy atom. The molecule has 4 fully saturated rings. The normalized spacial score (nSPS) is 18.0. The van der Waals surface area contributed by atoms with Crippen LogP contribution in [0.3, 0.4) is 0 Å². The van der Waals surface area contributed by atoms with Crippen molar-refractivity contribution in [3.05, 3.63) is 0 Å². The van der Waals surface area contributed by atoms with Gasteiger partial charge in [0, 0.05) is 52.1 Å². The summed E-state index contributed by atoms with van der Waals surface area (Å²) in [6, 6.07) is -1.19. The predicted molar refractivity (Wildman–Crippen MR) is 270 cm³/mol. The van der Waals surface area contributed by atoms with Gasteiger partial charge in [-0.25, -0.2) is 9.59 Å². The molecule has 0 radical (unpaired) electrons. The average Bonchev–Trinajstić information content (AvgIpc) is 4.09. The minimum Gasteiger partial charge on any atom is -0.480 e. The first-order chi connectivity index (χ1) is 37.5. The highest BCUT2D eigenvalue weighted by atomic mass is 16.6. The first-order valence-corrected chi connectivity index (χ1v) is 27.5. The van der Waals surface area contributed by atoms with E-state index in [4.69, 9.17) is 18.9 Å². The minimum atomic E-state index is -1.14. The Balaban J connectivity index is 0.956. The third-order valence-electron chi connectivity index (χ3n) is 13.6. The van der Waals surface area contributed by atoms with E-state index in [0.717, 1.165) is 38.5 Å². The fraction of sp³-hybridized carbons (Fsp3) is 0.769. The number of carbonyl (C=O) groups excluding carboxylic acids is 10. The number of carbonyl (C=O) groups is 12. The van der Waals surface area contributed by atoms with Crippen LogP contribution < -0.4 is 0 Å². The van der Waals surface area contributed by atoms with E-state index in [-0.39, 0.29) is 104 Å². The average molecular weight is 1110 g/mol. The molecule has 4 rings (SSSR count). The molecule has 26 heteroatoms. The van der Waals surface area contributed by atoms with E-state index >= 15 is 0 Å². The lowest BCUT2D eigenvalue weighted by Crippen LogP contribution is -2.47. The summed E-state index contributed by atoms with van der Waals surface area (Å²) in [5, 5.41) is 18.5. The van der Waals surface area contributed by atoms with Crippen LogP contribution in [0.5, 0.6) is 0 Å². The molecule has 0 aliphatic carbocycles. The Morgan fingerprint density at radius 2 is 0.769 bits per heavy atom. The molecule has 2 amide bonds. The third-order valence-corrected chi connectivity index (χ3v) is 13.6. The standard InChI is InChI=1S/C52H80N6O20/c59-41(57-21-15-17-39(57)51(71)75-29-13-7-5-11-27-73-45(65)33-53(31-43(61)62)23-25-55-35-47(67)77-48(68)36-55)19-9-3-1-2-4-10-20-42(60)58-22-16-18-40(58)52(72)76-30-14-8-6-12-28-74-46(66)34-54(32-44(63)64)24-26-56-37-49(69)78-50(70)38-56/h39-40H,1-38H2,(H,61,62)(H,63,64). The second-order valence-electron chi connectivity index (χ2n) is 20.0. The number of aliphatic carboxylic acids is 2. The van der Waals surface area contributed by atoms with Gasteiger partial charge in [0.25, 0.3) is 0 Å². The molecule has 4 aliphatic heterocycles. The number of ether oxygens (including phenoxy) is 6. The van der Waals surface area contributed by atoms with E-state index in [1.54, 1.807) is 9.80 Å². The van der Waals surface area contributed by atoms with Gasteiger partial charge < -0.3 is 48.4 Å². The number of rotatable bonds is 39. The maximum atomic E-state index is 13.1. The smallest absolute Gasteiger partial charge is 0.328 e. The number of unbranched alkanes of at least 4 members (excludes halogenated alkanes) is 11. The molecule has 4 saturated heterocycles. The largest absolute Gasteiger partial charge is 0.480 e. The van der Waals surface area contributed by atoms with Crippen LogP contribution in [0.2, 0.25) is 0 Å². The summed E-state index contributed by atoms with van der Waals surface area (Å²) in [5.74, 6) is -7.17. The molecule has 2 unspecified atom stereocenters. The van der Waals surface area contributed by atoms with Crippen LogP contribution in [0, 0.1) is 0 Å². The number of carboxylic acid groups (broad SMARTS) is 2. The number of hydrogen-bond acceptors (Lipinski definition) is 22. The molecule has 0 spiro atoms. The third kappa shape index (κ3) is 26.0. The topological polar surface area (TPSA) is 320 Å². The summed E-state index contributed by atoms with van der Waals surface area (Å²) >= 11 is 0. The fourth-order valence-corrected chi connectivity index (χ4v) is 9.57. The van der Waals surface area contributed by atoms with Crippen LogP contribution in [-0.2, 0) is 86.0 Å². The summed E-state index contributed by atoms with van der Waals surface area (Å²) < 4.78 is 30.6. The van der Waals surface area contributed by atoms with Gasteiger partial charge in [-0.1, -0.05) is 25.7 Å². The first-order valence-electron chi connectivity index (χ1n) is 27.5. The molecule has 2 N–H and O–H groups in total. The molecular weight excluding hydrogens is 1030 g/mol. The molecule has 4 aliphatic rings. The second-order valence-corrected chi connectivity index (χ2v) is 20.0. The summed E-state index contributed by atoms with van der Waals surface area (Å²) in [6.07, 6.45) is 13.2. The molecular formula is C52H80N6O20. The summed E-state index contributed by atoms with van der Waals surface area (Å²) in [6.45, 7) is 0.519. The molecule has 2 atom stereocenters. The molecule has 78 heavy (non-hydrogen) atoms. The Kier molecular flexibility index (Phi) is 29.8. The lowest BCUT2D eigenvalue weighted by atomic mass is 10.1. The lowest BCUT2D eigenvalue weighted by molar-refractivity contribution is -0.168. The van der Waals surface area contributed by atoms with Crippen molar-refractivity contribution >= 4 is 71.5 Å². The molecule has 0 bridgehead atoms. The first kappa shape index (κ1) is 64.4. The van der Waals surface area contributed by atoms with Crippen molar-refractivity contribution in [3.63, 3.8) is 0 Å². The lowest BCUT2D eigenvalue weighted by Gasteiger charge is -2.27. The van der Waals surface area contributed by atoms with Gasteiger partial charge in [0.1, 0.15) is 12.1 Å². The van der Waals surface area contributed by atoms with Gasteiger partial charge in [0.15, 0.2) is 0 Å².